The monoisotopic (exact) mass is 493 g/mol. The van der Waals surface area contributed by atoms with Gasteiger partial charge in [0.2, 0.25) is 5.82 Å². The lowest BCUT2D eigenvalue weighted by Gasteiger charge is -2.15. The third kappa shape index (κ3) is 3.59. The molecule has 5 rings (SSSR count). The molecule has 2 aliphatic rings. The van der Waals surface area contributed by atoms with Crippen LogP contribution >= 0.6 is 23.2 Å². The lowest BCUT2D eigenvalue weighted by Crippen LogP contribution is -2.30. The molecule has 1 fully saturated rings. The lowest BCUT2D eigenvalue weighted by atomic mass is 9.99. The van der Waals surface area contributed by atoms with Gasteiger partial charge in [0, 0.05) is 12.1 Å². The first-order chi connectivity index (χ1) is 15.8. The van der Waals surface area contributed by atoms with Crippen molar-refractivity contribution in [2.45, 2.75) is 25.6 Å². The second-order valence-corrected chi connectivity index (χ2v) is 8.63. The Labute approximate surface area is 196 Å². The number of carbonyl (C=O) groups is 1. The Bertz CT molecular complexity index is 1310. The zero-order chi connectivity index (χ0) is 23.4. The summed E-state index contributed by atoms with van der Waals surface area (Å²) in [5, 5.41) is 4.52. The first-order valence-corrected chi connectivity index (χ1v) is 10.9. The molecule has 1 aromatic heterocycles. The van der Waals surface area contributed by atoms with E-state index in [1.54, 1.807) is 13.0 Å². The third-order valence-electron chi connectivity index (χ3n) is 5.68. The van der Waals surface area contributed by atoms with Gasteiger partial charge >= 0.3 is 0 Å². The smallest absolute Gasteiger partial charge is 0.293 e. The van der Waals surface area contributed by atoms with Crippen LogP contribution < -0.4 is 0 Å². The summed E-state index contributed by atoms with van der Waals surface area (Å²) in [5.74, 6) is -2.00. The van der Waals surface area contributed by atoms with E-state index in [9.17, 15) is 18.0 Å². The van der Waals surface area contributed by atoms with E-state index in [1.165, 1.54) is 21.7 Å². The molecule has 1 saturated heterocycles. The maximum Gasteiger partial charge on any atom is 0.293 e. The Kier molecular flexibility index (Phi) is 5.41. The Morgan fingerprint density at radius 2 is 1.85 bits per heavy atom. The molecular formula is C22H16Cl2F3N5O. The first kappa shape index (κ1) is 21.9. The molecule has 1 amide bonds. The van der Waals surface area contributed by atoms with Crippen LogP contribution in [-0.2, 0) is 0 Å². The van der Waals surface area contributed by atoms with Crippen molar-refractivity contribution in [2.75, 3.05) is 13.1 Å². The summed E-state index contributed by atoms with van der Waals surface area (Å²) in [7, 11) is 0. The molecule has 0 bridgehead atoms. The van der Waals surface area contributed by atoms with Crippen LogP contribution in [0.5, 0.6) is 0 Å². The van der Waals surface area contributed by atoms with Gasteiger partial charge in [-0.15, -0.1) is 5.10 Å². The highest BCUT2D eigenvalue weighted by molar-refractivity contribution is 6.45. The highest BCUT2D eigenvalue weighted by atomic mass is 35.5. The predicted octanol–water partition coefficient (Wildman–Crippen LogP) is 4.95. The van der Waals surface area contributed by atoms with E-state index in [0.29, 0.717) is 5.69 Å². The van der Waals surface area contributed by atoms with Crippen molar-refractivity contribution in [1.29, 1.82) is 0 Å². The van der Waals surface area contributed by atoms with Crippen LogP contribution in [0.2, 0.25) is 10.0 Å². The Hall–Kier alpha value is -2.91. The molecule has 2 aliphatic heterocycles. The summed E-state index contributed by atoms with van der Waals surface area (Å²) in [4.78, 5) is 23.1. The summed E-state index contributed by atoms with van der Waals surface area (Å²) >= 11 is 12.7. The van der Waals surface area contributed by atoms with Gasteiger partial charge in [-0.3, -0.25) is 9.79 Å². The molecule has 0 aliphatic carbocycles. The van der Waals surface area contributed by atoms with Gasteiger partial charge in [-0.2, -0.15) is 0 Å². The van der Waals surface area contributed by atoms with Crippen LogP contribution in [0.15, 0.2) is 35.3 Å². The normalized spacial score (nSPS) is 19.7. The quantitative estimate of drug-likeness (QED) is 0.507. The topological polar surface area (TPSA) is 63.4 Å². The van der Waals surface area contributed by atoms with Crippen LogP contribution in [0.1, 0.15) is 47.0 Å². The van der Waals surface area contributed by atoms with Gasteiger partial charge in [-0.05, 0) is 37.6 Å². The number of fused-ring (bicyclic) bond motifs is 3. The summed E-state index contributed by atoms with van der Waals surface area (Å²) in [6.07, 6.45) is -0.827. The minimum Gasteiger partial charge on any atom is -0.333 e. The van der Waals surface area contributed by atoms with Crippen molar-refractivity contribution in [3.8, 4) is 5.69 Å². The van der Waals surface area contributed by atoms with Crippen molar-refractivity contribution >= 4 is 34.8 Å². The van der Waals surface area contributed by atoms with Crippen molar-refractivity contribution in [3.63, 3.8) is 0 Å². The molecule has 6 nitrogen and oxygen atoms in total. The van der Waals surface area contributed by atoms with E-state index >= 15 is 0 Å². The molecule has 0 saturated carbocycles. The molecule has 2 aromatic carbocycles. The number of hydrogen-bond donors (Lipinski definition) is 0. The molecule has 0 N–H and O–H groups in total. The van der Waals surface area contributed by atoms with Crippen LogP contribution in [0.4, 0.5) is 13.2 Å². The number of alkyl halides is 1. The van der Waals surface area contributed by atoms with E-state index in [4.69, 9.17) is 23.2 Å². The summed E-state index contributed by atoms with van der Waals surface area (Å²) in [6.45, 7) is 1.90. The molecule has 0 spiro atoms. The number of benzene rings is 2. The van der Waals surface area contributed by atoms with Gasteiger partial charge in [0.25, 0.3) is 5.91 Å². The maximum absolute atomic E-state index is 14.7. The summed E-state index contributed by atoms with van der Waals surface area (Å²) < 4.78 is 44.4. The van der Waals surface area contributed by atoms with Crippen LogP contribution in [0.3, 0.4) is 0 Å². The van der Waals surface area contributed by atoms with E-state index in [-0.39, 0.29) is 58.0 Å². The number of nitrogens with zero attached hydrogens (tertiary/aromatic N) is 5. The second-order valence-electron chi connectivity index (χ2n) is 7.85. The molecule has 3 heterocycles. The third-order valence-corrected chi connectivity index (χ3v) is 6.48. The highest BCUT2D eigenvalue weighted by Crippen LogP contribution is 2.38. The van der Waals surface area contributed by atoms with Gasteiger partial charge in [-0.25, -0.2) is 22.8 Å². The first-order valence-electron chi connectivity index (χ1n) is 10.2. The number of halogens is 5. The average Bonchev–Trinajstić information content (AvgIpc) is 3.39. The highest BCUT2D eigenvalue weighted by Gasteiger charge is 2.34. The standard InChI is InChI=1S/C22H16Cl2F3N5O/c1-10-21-29-20(22(33)31-8-7-11(25)9-31)30-32(21)15-6-5-12(23)18(24)17(15)19(28-10)16-13(26)3-2-4-14(16)27/h2-6,10-11H,7-9H2,1H3/t10-,11-/m0/s1. The number of rotatable bonds is 2. The number of aliphatic imine (C=N–C) groups is 1. The largest absolute Gasteiger partial charge is 0.333 e. The number of hydrogen-bond acceptors (Lipinski definition) is 4. The lowest BCUT2D eigenvalue weighted by molar-refractivity contribution is 0.0770. The zero-order valence-corrected chi connectivity index (χ0v) is 18.7. The van der Waals surface area contributed by atoms with Crippen LogP contribution in [0.25, 0.3) is 5.69 Å². The van der Waals surface area contributed by atoms with Gasteiger partial charge in [0.05, 0.1) is 33.6 Å². The molecule has 33 heavy (non-hydrogen) atoms. The number of likely N-dealkylation sites (tertiary alicyclic amines) is 1. The van der Waals surface area contributed by atoms with Gasteiger partial charge in [0.1, 0.15) is 23.8 Å². The van der Waals surface area contributed by atoms with E-state index < -0.39 is 29.8 Å². The minimum absolute atomic E-state index is 0.0227. The molecule has 11 heteroatoms. The number of aromatic nitrogens is 3. The number of carbonyl (C=O) groups excluding carboxylic acids is 1. The second kappa shape index (κ2) is 8.14. The zero-order valence-electron chi connectivity index (χ0n) is 17.2. The fourth-order valence-electron chi connectivity index (χ4n) is 4.08. The minimum atomic E-state index is -1.09. The average molecular weight is 494 g/mol. The maximum atomic E-state index is 14.7. The SMILES string of the molecule is C[C@@H]1N=C(c2c(F)cccc2F)c2c(ccc(Cl)c2Cl)-n2nc(C(=O)N3CC[C@H](F)C3)nc21. The van der Waals surface area contributed by atoms with E-state index in [2.05, 4.69) is 15.1 Å². The summed E-state index contributed by atoms with van der Waals surface area (Å²) in [6, 6.07) is 5.82. The van der Waals surface area contributed by atoms with Crippen molar-refractivity contribution < 1.29 is 18.0 Å². The van der Waals surface area contributed by atoms with E-state index in [0.717, 1.165) is 12.1 Å². The van der Waals surface area contributed by atoms with Crippen molar-refractivity contribution in [1.82, 2.24) is 19.7 Å². The van der Waals surface area contributed by atoms with E-state index in [1.807, 2.05) is 0 Å². The fraction of sp³-hybridized carbons (Fsp3) is 0.273. The van der Waals surface area contributed by atoms with Gasteiger partial charge in [0.15, 0.2) is 5.82 Å². The van der Waals surface area contributed by atoms with Crippen molar-refractivity contribution in [3.05, 3.63) is 74.8 Å². The Morgan fingerprint density at radius 1 is 1.12 bits per heavy atom. The molecule has 3 aromatic rings. The predicted molar refractivity (Wildman–Crippen MR) is 117 cm³/mol. The molecule has 0 unspecified atom stereocenters. The summed E-state index contributed by atoms with van der Waals surface area (Å²) in [5.41, 5.74) is 0.0672. The fourth-order valence-corrected chi connectivity index (χ4v) is 4.48. The Morgan fingerprint density at radius 3 is 2.52 bits per heavy atom. The van der Waals surface area contributed by atoms with Crippen molar-refractivity contribution in [2.24, 2.45) is 4.99 Å². The molecule has 170 valence electrons. The van der Waals surface area contributed by atoms with Gasteiger partial charge in [-0.1, -0.05) is 29.3 Å². The van der Waals surface area contributed by atoms with Crippen LogP contribution in [-0.4, -0.2) is 50.5 Å². The number of amides is 1. The Balaban J connectivity index is 1.71. The molecule has 2 atom stereocenters. The van der Waals surface area contributed by atoms with Crippen LogP contribution in [0, 0.1) is 11.6 Å². The molecular weight excluding hydrogens is 478 g/mol. The van der Waals surface area contributed by atoms with Gasteiger partial charge < -0.3 is 4.90 Å². The molecule has 0 radical (unpaired) electrons.